The van der Waals surface area contributed by atoms with E-state index in [2.05, 4.69) is 26.8 Å². The molecule has 0 heterocycles. The summed E-state index contributed by atoms with van der Waals surface area (Å²) < 4.78 is 18.7. The fourth-order valence-corrected chi connectivity index (χ4v) is 1.80. The van der Waals surface area contributed by atoms with Gasteiger partial charge in [0, 0.05) is 5.56 Å². The van der Waals surface area contributed by atoms with Gasteiger partial charge in [-0.25, -0.2) is 4.39 Å². The minimum Gasteiger partial charge on any atom is -0.457 e. The first kappa shape index (κ1) is 12.6. The van der Waals surface area contributed by atoms with Gasteiger partial charge < -0.3 is 4.74 Å². The van der Waals surface area contributed by atoms with Gasteiger partial charge in [-0.05, 0) is 35.7 Å². The number of hydrogen-bond acceptors (Lipinski definition) is 1. The first-order chi connectivity index (χ1) is 8.47. The molecule has 94 valence electrons. The normalized spacial score (nSPS) is 11.3. The summed E-state index contributed by atoms with van der Waals surface area (Å²) in [6, 6.07) is 14.0. The Morgan fingerprint density at radius 1 is 0.889 bits per heavy atom. The van der Waals surface area contributed by atoms with Crippen LogP contribution in [0.3, 0.4) is 0 Å². The summed E-state index contributed by atoms with van der Waals surface area (Å²) in [4.78, 5) is 0. The Bertz CT molecular complexity index is 524. The van der Waals surface area contributed by atoms with Crippen LogP contribution >= 0.6 is 0 Å². The number of benzene rings is 2. The summed E-state index contributed by atoms with van der Waals surface area (Å²) in [6.45, 7) is 6.42. The number of hydrogen-bond donors (Lipinski definition) is 0. The Labute approximate surface area is 107 Å². The fourth-order valence-electron chi connectivity index (χ4n) is 1.80. The highest BCUT2D eigenvalue weighted by Crippen LogP contribution is 2.33. The van der Waals surface area contributed by atoms with Gasteiger partial charge in [-0.2, -0.15) is 0 Å². The number of halogens is 1. The van der Waals surface area contributed by atoms with Crippen molar-refractivity contribution in [2.75, 3.05) is 0 Å². The maximum atomic E-state index is 12.8. The SMILES string of the molecule is CC(C)(C)c1ccccc1Oc1ccc(F)cc1. The maximum Gasteiger partial charge on any atom is 0.131 e. The van der Waals surface area contributed by atoms with Crippen LogP contribution in [0.2, 0.25) is 0 Å². The maximum absolute atomic E-state index is 12.8. The van der Waals surface area contributed by atoms with Crippen LogP contribution < -0.4 is 4.74 Å². The van der Waals surface area contributed by atoms with Crippen LogP contribution in [0.25, 0.3) is 0 Å². The van der Waals surface area contributed by atoms with Crippen LogP contribution in [0.15, 0.2) is 48.5 Å². The van der Waals surface area contributed by atoms with Crippen molar-refractivity contribution < 1.29 is 9.13 Å². The zero-order chi connectivity index (χ0) is 13.2. The molecule has 0 N–H and O–H groups in total. The van der Waals surface area contributed by atoms with E-state index >= 15 is 0 Å². The molecular formula is C16H17FO. The molecule has 0 radical (unpaired) electrons. The molecule has 0 aromatic heterocycles. The molecule has 18 heavy (non-hydrogen) atoms. The smallest absolute Gasteiger partial charge is 0.131 e. The van der Waals surface area contributed by atoms with Crippen molar-refractivity contribution in [1.82, 2.24) is 0 Å². The molecule has 0 atom stereocenters. The van der Waals surface area contributed by atoms with Gasteiger partial charge in [0.05, 0.1) is 0 Å². The van der Waals surface area contributed by atoms with Gasteiger partial charge in [-0.15, -0.1) is 0 Å². The van der Waals surface area contributed by atoms with Crippen molar-refractivity contribution in [3.05, 3.63) is 59.9 Å². The molecule has 0 saturated carbocycles. The van der Waals surface area contributed by atoms with E-state index in [-0.39, 0.29) is 11.2 Å². The predicted molar refractivity (Wildman–Crippen MR) is 71.6 cm³/mol. The highest BCUT2D eigenvalue weighted by Gasteiger charge is 2.18. The molecule has 0 aliphatic carbocycles. The molecule has 2 rings (SSSR count). The Morgan fingerprint density at radius 2 is 1.50 bits per heavy atom. The molecule has 0 amide bonds. The van der Waals surface area contributed by atoms with Crippen LogP contribution in [0.5, 0.6) is 11.5 Å². The van der Waals surface area contributed by atoms with Gasteiger partial charge in [0.2, 0.25) is 0 Å². The lowest BCUT2D eigenvalue weighted by atomic mass is 9.86. The van der Waals surface area contributed by atoms with Gasteiger partial charge in [0.15, 0.2) is 0 Å². The number of rotatable bonds is 2. The summed E-state index contributed by atoms with van der Waals surface area (Å²) in [7, 11) is 0. The van der Waals surface area contributed by atoms with E-state index < -0.39 is 0 Å². The zero-order valence-electron chi connectivity index (χ0n) is 10.9. The van der Waals surface area contributed by atoms with Gasteiger partial charge in [-0.1, -0.05) is 39.0 Å². The molecule has 0 aliphatic heterocycles. The molecule has 0 bridgehead atoms. The lowest BCUT2D eigenvalue weighted by molar-refractivity contribution is 0.454. The Hall–Kier alpha value is -1.83. The van der Waals surface area contributed by atoms with E-state index in [0.717, 1.165) is 11.3 Å². The molecule has 2 heteroatoms. The van der Waals surface area contributed by atoms with Crippen LogP contribution in [0, 0.1) is 5.82 Å². The van der Waals surface area contributed by atoms with E-state index in [0.29, 0.717) is 5.75 Å². The van der Waals surface area contributed by atoms with Crippen molar-refractivity contribution in [2.24, 2.45) is 0 Å². The summed E-state index contributed by atoms with van der Waals surface area (Å²) in [5, 5.41) is 0. The van der Waals surface area contributed by atoms with Crippen molar-refractivity contribution >= 4 is 0 Å². The topological polar surface area (TPSA) is 9.23 Å². The quantitative estimate of drug-likeness (QED) is 0.729. The van der Waals surface area contributed by atoms with Crippen LogP contribution in [-0.2, 0) is 5.41 Å². The lowest BCUT2D eigenvalue weighted by Crippen LogP contribution is -2.12. The van der Waals surface area contributed by atoms with E-state index in [4.69, 9.17) is 4.74 Å². The van der Waals surface area contributed by atoms with Crippen molar-refractivity contribution in [3.63, 3.8) is 0 Å². The Kier molecular flexibility index (Phi) is 3.37. The van der Waals surface area contributed by atoms with E-state index in [9.17, 15) is 4.39 Å². The summed E-state index contributed by atoms with van der Waals surface area (Å²) in [5.41, 5.74) is 1.14. The third kappa shape index (κ3) is 2.89. The van der Waals surface area contributed by atoms with E-state index in [1.54, 1.807) is 12.1 Å². The molecule has 0 saturated heterocycles. The van der Waals surface area contributed by atoms with Gasteiger partial charge in [0.25, 0.3) is 0 Å². The van der Waals surface area contributed by atoms with E-state index in [1.165, 1.54) is 12.1 Å². The fraction of sp³-hybridized carbons (Fsp3) is 0.250. The first-order valence-corrected chi connectivity index (χ1v) is 6.00. The molecule has 0 fully saturated rings. The monoisotopic (exact) mass is 244 g/mol. The van der Waals surface area contributed by atoms with Crippen LogP contribution in [0.4, 0.5) is 4.39 Å². The third-order valence-corrected chi connectivity index (χ3v) is 2.74. The Balaban J connectivity index is 2.32. The van der Waals surface area contributed by atoms with Gasteiger partial charge >= 0.3 is 0 Å². The zero-order valence-corrected chi connectivity index (χ0v) is 10.9. The molecule has 0 unspecified atom stereocenters. The van der Waals surface area contributed by atoms with E-state index in [1.807, 2.05) is 18.2 Å². The highest BCUT2D eigenvalue weighted by molar-refractivity contribution is 5.41. The molecule has 2 aromatic rings. The van der Waals surface area contributed by atoms with Crippen molar-refractivity contribution in [3.8, 4) is 11.5 Å². The lowest BCUT2D eigenvalue weighted by Gasteiger charge is -2.22. The Morgan fingerprint density at radius 3 is 2.11 bits per heavy atom. The molecule has 2 aromatic carbocycles. The summed E-state index contributed by atoms with van der Waals surface area (Å²) in [6.07, 6.45) is 0. The van der Waals surface area contributed by atoms with Crippen LogP contribution in [-0.4, -0.2) is 0 Å². The number of ether oxygens (including phenoxy) is 1. The predicted octanol–water partition coefficient (Wildman–Crippen LogP) is 4.92. The third-order valence-electron chi connectivity index (χ3n) is 2.74. The van der Waals surface area contributed by atoms with Gasteiger partial charge in [0.1, 0.15) is 17.3 Å². The average molecular weight is 244 g/mol. The molecule has 1 nitrogen and oxygen atoms in total. The summed E-state index contributed by atoms with van der Waals surface area (Å²) in [5.74, 6) is 1.20. The van der Waals surface area contributed by atoms with Crippen molar-refractivity contribution in [2.45, 2.75) is 26.2 Å². The first-order valence-electron chi connectivity index (χ1n) is 6.00. The largest absolute Gasteiger partial charge is 0.457 e. The summed E-state index contributed by atoms with van der Waals surface area (Å²) >= 11 is 0. The highest BCUT2D eigenvalue weighted by atomic mass is 19.1. The minimum absolute atomic E-state index is 0.0105. The van der Waals surface area contributed by atoms with Crippen molar-refractivity contribution in [1.29, 1.82) is 0 Å². The molecular weight excluding hydrogens is 227 g/mol. The second-order valence-electron chi connectivity index (χ2n) is 5.30. The van der Waals surface area contributed by atoms with Crippen LogP contribution in [0.1, 0.15) is 26.3 Å². The number of para-hydroxylation sites is 1. The molecule has 0 spiro atoms. The average Bonchev–Trinajstić information content (AvgIpc) is 2.31. The van der Waals surface area contributed by atoms with Gasteiger partial charge in [-0.3, -0.25) is 0 Å². The second-order valence-corrected chi connectivity index (χ2v) is 5.30. The standard InChI is InChI=1S/C16H17FO/c1-16(2,3)14-6-4-5-7-15(14)18-13-10-8-12(17)9-11-13/h4-11H,1-3H3. The second kappa shape index (κ2) is 4.81. The minimum atomic E-state index is -0.258. The molecule has 0 aliphatic rings.